The molecule has 0 saturated carbocycles. The Morgan fingerprint density at radius 2 is 1.69 bits per heavy atom. The molecule has 4 rings (SSSR count). The minimum absolute atomic E-state index is 0.0773. The number of hydrogen-bond acceptors (Lipinski definition) is 3. The van der Waals surface area contributed by atoms with Crippen molar-refractivity contribution in [3.63, 3.8) is 0 Å². The van der Waals surface area contributed by atoms with E-state index in [4.69, 9.17) is 0 Å². The van der Waals surface area contributed by atoms with Gasteiger partial charge in [-0.3, -0.25) is 4.79 Å². The highest BCUT2D eigenvalue weighted by Crippen LogP contribution is 2.44. The number of amides is 3. The van der Waals surface area contributed by atoms with E-state index < -0.39 is 28.5 Å². The molecule has 0 aliphatic carbocycles. The third kappa shape index (κ3) is 4.55. The zero-order chi connectivity index (χ0) is 22.9. The van der Waals surface area contributed by atoms with Crippen molar-refractivity contribution < 1.29 is 27.2 Å². The van der Waals surface area contributed by atoms with Crippen molar-refractivity contribution in [1.82, 2.24) is 9.80 Å². The maximum absolute atomic E-state index is 13.2. The van der Waals surface area contributed by atoms with Gasteiger partial charge in [0, 0.05) is 36.6 Å². The first-order valence-corrected chi connectivity index (χ1v) is 11.1. The molecule has 1 spiro atoms. The van der Waals surface area contributed by atoms with Crippen molar-refractivity contribution in [2.75, 3.05) is 30.7 Å². The molecule has 2 heterocycles. The fraction of sp³-hybridized carbons (Fsp3) is 0.364. The van der Waals surface area contributed by atoms with E-state index in [0.717, 1.165) is 17.9 Å². The van der Waals surface area contributed by atoms with Gasteiger partial charge in [-0.1, -0.05) is 6.07 Å². The van der Waals surface area contributed by atoms with Gasteiger partial charge in [-0.05, 0) is 55.3 Å². The van der Waals surface area contributed by atoms with Gasteiger partial charge in [-0.15, -0.1) is 11.8 Å². The predicted octanol–water partition coefficient (Wildman–Crippen LogP) is 5.06. The average molecular weight is 467 g/mol. The quantitative estimate of drug-likeness (QED) is 0.629. The third-order valence-electron chi connectivity index (χ3n) is 5.79. The van der Waals surface area contributed by atoms with E-state index in [1.807, 2.05) is 0 Å². The molecule has 0 radical (unpaired) electrons. The van der Waals surface area contributed by atoms with Gasteiger partial charge in [0.1, 0.15) is 5.82 Å². The summed E-state index contributed by atoms with van der Waals surface area (Å²) in [6.07, 6.45) is -3.40. The molecule has 3 amide bonds. The van der Waals surface area contributed by atoms with E-state index in [2.05, 4.69) is 5.32 Å². The Balaban J connectivity index is 1.40. The number of alkyl halides is 3. The highest BCUT2D eigenvalue weighted by atomic mass is 32.2. The Kier molecular flexibility index (Phi) is 6.07. The molecular formula is C22H21F4N3O2S. The molecule has 32 heavy (non-hydrogen) atoms. The van der Waals surface area contributed by atoms with Crippen LogP contribution < -0.4 is 5.32 Å². The molecule has 10 heteroatoms. The van der Waals surface area contributed by atoms with Gasteiger partial charge in [0.05, 0.1) is 10.4 Å². The van der Waals surface area contributed by atoms with Gasteiger partial charge < -0.3 is 15.1 Å². The highest BCUT2D eigenvalue weighted by Gasteiger charge is 2.47. The van der Waals surface area contributed by atoms with Gasteiger partial charge in [0.15, 0.2) is 0 Å². The molecule has 1 N–H and O–H groups in total. The summed E-state index contributed by atoms with van der Waals surface area (Å²) in [4.78, 5) is 28.5. The Morgan fingerprint density at radius 3 is 2.34 bits per heavy atom. The van der Waals surface area contributed by atoms with Crippen LogP contribution in [-0.4, -0.2) is 52.0 Å². The number of urea groups is 1. The van der Waals surface area contributed by atoms with Crippen molar-refractivity contribution in [3.8, 4) is 0 Å². The summed E-state index contributed by atoms with van der Waals surface area (Å²) in [5.41, 5.74) is -0.336. The summed E-state index contributed by atoms with van der Waals surface area (Å²) in [7, 11) is 0. The number of rotatable bonds is 2. The number of nitrogens with zero attached hydrogens (tertiary/aromatic N) is 2. The second kappa shape index (κ2) is 8.65. The molecule has 170 valence electrons. The Morgan fingerprint density at radius 1 is 1.00 bits per heavy atom. The van der Waals surface area contributed by atoms with Crippen LogP contribution in [-0.2, 0) is 6.18 Å². The SMILES string of the molecule is O=C(Nc1cccc(C(F)(F)F)c1)N1CCC2(CC1)SCCN2C(=O)c1ccc(F)cc1. The topological polar surface area (TPSA) is 52.7 Å². The normalized spacial score (nSPS) is 18.1. The lowest BCUT2D eigenvalue weighted by molar-refractivity contribution is -0.137. The van der Waals surface area contributed by atoms with Gasteiger partial charge in [-0.25, -0.2) is 9.18 Å². The minimum atomic E-state index is -4.49. The molecule has 2 aliphatic heterocycles. The highest BCUT2D eigenvalue weighted by molar-refractivity contribution is 8.00. The number of hydrogen-bond donors (Lipinski definition) is 1. The lowest BCUT2D eigenvalue weighted by Crippen LogP contribution is -2.54. The van der Waals surface area contributed by atoms with Crippen molar-refractivity contribution in [3.05, 3.63) is 65.5 Å². The molecule has 0 unspecified atom stereocenters. The van der Waals surface area contributed by atoms with Crippen molar-refractivity contribution in [1.29, 1.82) is 0 Å². The van der Waals surface area contributed by atoms with E-state index in [1.54, 1.807) is 21.6 Å². The van der Waals surface area contributed by atoms with Crippen LogP contribution in [0.5, 0.6) is 0 Å². The standard InChI is InChI=1S/C22H21F4N3O2S/c23-17-6-4-15(5-7-17)19(30)29-12-13-32-21(29)8-10-28(11-9-21)20(31)27-18-3-1-2-16(14-18)22(24,25)26/h1-7,14H,8-13H2,(H,27,31). The molecule has 0 bridgehead atoms. The zero-order valence-electron chi connectivity index (χ0n) is 17.0. The Labute approximate surface area is 186 Å². The second-order valence-corrected chi connectivity index (χ2v) is 9.21. The van der Waals surface area contributed by atoms with Gasteiger partial charge in [0.25, 0.3) is 5.91 Å². The first-order chi connectivity index (χ1) is 15.2. The monoisotopic (exact) mass is 467 g/mol. The molecule has 2 aromatic carbocycles. The molecule has 5 nitrogen and oxygen atoms in total. The van der Waals surface area contributed by atoms with Gasteiger partial charge in [0.2, 0.25) is 0 Å². The Hall–Kier alpha value is -2.75. The smallest absolute Gasteiger partial charge is 0.324 e. The summed E-state index contributed by atoms with van der Waals surface area (Å²) in [6, 6.07) is 9.47. The molecule has 0 atom stereocenters. The summed E-state index contributed by atoms with van der Waals surface area (Å²) >= 11 is 1.67. The minimum Gasteiger partial charge on any atom is -0.324 e. The van der Waals surface area contributed by atoms with Crippen molar-refractivity contribution in [2.24, 2.45) is 0 Å². The first-order valence-electron chi connectivity index (χ1n) is 10.1. The van der Waals surface area contributed by atoms with Crippen LogP contribution >= 0.6 is 11.8 Å². The lowest BCUT2D eigenvalue weighted by atomic mass is 10.0. The van der Waals surface area contributed by atoms with Crippen LogP contribution in [0, 0.1) is 5.82 Å². The largest absolute Gasteiger partial charge is 0.416 e. The van der Waals surface area contributed by atoms with Crippen LogP contribution in [0.3, 0.4) is 0 Å². The second-order valence-electron chi connectivity index (χ2n) is 7.75. The van der Waals surface area contributed by atoms with E-state index in [1.165, 1.54) is 36.4 Å². The summed E-state index contributed by atoms with van der Waals surface area (Å²) in [6.45, 7) is 1.30. The zero-order valence-corrected chi connectivity index (χ0v) is 17.8. The van der Waals surface area contributed by atoms with Crippen molar-refractivity contribution in [2.45, 2.75) is 23.9 Å². The molecular weight excluding hydrogens is 446 g/mol. The van der Waals surface area contributed by atoms with Crippen molar-refractivity contribution >= 4 is 29.4 Å². The Bertz CT molecular complexity index is 1000. The fourth-order valence-corrected chi connectivity index (χ4v) is 5.55. The number of benzene rings is 2. The number of carbonyl (C=O) groups excluding carboxylic acids is 2. The number of thioether (sulfide) groups is 1. The van der Waals surface area contributed by atoms with E-state index in [0.29, 0.717) is 38.0 Å². The predicted molar refractivity (Wildman–Crippen MR) is 114 cm³/mol. The number of carbonyl (C=O) groups is 2. The number of piperidine rings is 1. The van der Waals surface area contributed by atoms with Crippen LogP contribution in [0.15, 0.2) is 48.5 Å². The molecule has 2 saturated heterocycles. The fourth-order valence-electron chi connectivity index (χ4n) is 4.09. The van der Waals surface area contributed by atoms with Crippen LogP contribution in [0.2, 0.25) is 0 Å². The van der Waals surface area contributed by atoms with E-state index in [-0.39, 0.29) is 11.6 Å². The first kappa shape index (κ1) is 22.4. The molecule has 2 aliphatic rings. The van der Waals surface area contributed by atoms with Gasteiger partial charge >= 0.3 is 12.2 Å². The third-order valence-corrected chi connectivity index (χ3v) is 7.34. The molecule has 0 aromatic heterocycles. The summed E-state index contributed by atoms with van der Waals surface area (Å²) < 4.78 is 51.9. The summed E-state index contributed by atoms with van der Waals surface area (Å²) in [5, 5.41) is 2.53. The maximum atomic E-state index is 13.2. The number of halogens is 4. The van der Waals surface area contributed by atoms with E-state index in [9.17, 15) is 27.2 Å². The lowest BCUT2D eigenvalue weighted by Gasteiger charge is -2.44. The molecule has 2 aromatic rings. The van der Waals surface area contributed by atoms with Gasteiger partial charge in [-0.2, -0.15) is 13.2 Å². The number of likely N-dealkylation sites (tertiary alicyclic amines) is 1. The van der Waals surface area contributed by atoms with Crippen LogP contribution in [0.25, 0.3) is 0 Å². The number of anilines is 1. The van der Waals surface area contributed by atoms with Crippen LogP contribution in [0.1, 0.15) is 28.8 Å². The number of nitrogens with one attached hydrogen (secondary N) is 1. The van der Waals surface area contributed by atoms with Crippen LogP contribution in [0.4, 0.5) is 28.0 Å². The average Bonchev–Trinajstić information content (AvgIpc) is 3.16. The molecule has 2 fully saturated rings. The van der Waals surface area contributed by atoms with E-state index >= 15 is 0 Å². The summed E-state index contributed by atoms with van der Waals surface area (Å²) in [5.74, 6) is 0.188. The maximum Gasteiger partial charge on any atom is 0.416 e.